The molecule has 7 heteroatoms. The van der Waals surface area contributed by atoms with E-state index in [4.69, 9.17) is 0 Å². The highest BCUT2D eigenvalue weighted by Crippen LogP contribution is 2.35. The van der Waals surface area contributed by atoms with Gasteiger partial charge in [-0.15, -0.1) is 0 Å². The maximum Gasteiger partial charge on any atom is 0.272 e. The van der Waals surface area contributed by atoms with Crippen molar-refractivity contribution in [3.05, 3.63) is 58.0 Å². The smallest absolute Gasteiger partial charge is 0.272 e. The number of carbonyl (C=O) groups excluding carboxylic acids is 1. The molecule has 28 heavy (non-hydrogen) atoms. The van der Waals surface area contributed by atoms with Crippen LogP contribution in [0.5, 0.6) is 0 Å². The van der Waals surface area contributed by atoms with Crippen LogP contribution in [0.3, 0.4) is 0 Å². The minimum absolute atomic E-state index is 0.0430. The minimum atomic E-state index is -0.0430. The third kappa shape index (κ3) is 3.13. The number of nitrogens with zero attached hydrogens (tertiary/aromatic N) is 5. The van der Waals surface area contributed by atoms with E-state index in [2.05, 4.69) is 20.9 Å². The van der Waals surface area contributed by atoms with Gasteiger partial charge in [0.2, 0.25) is 0 Å². The fourth-order valence-electron chi connectivity index (χ4n) is 5.04. The molecule has 0 N–H and O–H groups in total. The third-order valence-corrected chi connectivity index (χ3v) is 6.36. The van der Waals surface area contributed by atoms with Gasteiger partial charge in [0.05, 0.1) is 0 Å². The molecule has 5 rings (SSSR count). The molecule has 5 heterocycles. The summed E-state index contributed by atoms with van der Waals surface area (Å²) in [5.41, 5.74) is 2.58. The molecule has 2 atom stereocenters. The zero-order chi connectivity index (χ0) is 19.1. The Kier molecular flexibility index (Phi) is 4.47. The van der Waals surface area contributed by atoms with Crippen LogP contribution in [-0.4, -0.2) is 56.4 Å². The molecule has 0 radical (unpaired) electrons. The predicted molar refractivity (Wildman–Crippen MR) is 104 cm³/mol. The molecule has 0 unspecified atom stereocenters. The highest BCUT2D eigenvalue weighted by Gasteiger charge is 2.37. The van der Waals surface area contributed by atoms with E-state index < -0.39 is 0 Å². The Hall–Kier alpha value is -2.54. The number of likely N-dealkylation sites (tertiary alicyclic amines) is 2. The second kappa shape index (κ2) is 7.13. The Morgan fingerprint density at radius 3 is 2.75 bits per heavy atom. The number of carbonyl (C=O) groups is 1. The van der Waals surface area contributed by atoms with Gasteiger partial charge in [-0.2, -0.15) is 0 Å². The maximum absolute atomic E-state index is 13.1. The second-order valence-corrected chi connectivity index (χ2v) is 8.29. The van der Waals surface area contributed by atoms with E-state index in [-0.39, 0.29) is 17.4 Å². The zero-order valence-corrected chi connectivity index (χ0v) is 16.0. The highest BCUT2D eigenvalue weighted by atomic mass is 16.2. The van der Waals surface area contributed by atoms with E-state index in [9.17, 15) is 9.59 Å². The van der Waals surface area contributed by atoms with Crippen molar-refractivity contribution in [1.29, 1.82) is 0 Å². The molecule has 0 spiro atoms. The van der Waals surface area contributed by atoms with Crippen molar-refractivity contribution in [3.8, 4) is 0 Å². The lowest BCUT2D eigenvalue weighted by Crippen LogP contribution is -2.49. The molecule has 1 amide bonds. The van der Waals surface area contributed by atoms with Gasteiger partial charge in [-0.1, -0.05) is 6.07 Å². The Bertz CT molecular complexity index is 936. The topological polar surface area (TPSA) is 71.3 Å². The van der Waals surface area contributed by atoms with Crippen molar-refractivity contribution < 1.29 is 4.79 Å². The van der Waals surface area contributed by atoms with Crippen LogP contribution in [0.25, 0.3) is 0 Å². The van der Waals surface area contributed by atoms with E-state index in [1.165, 1.54) is 19.2 Å². The monoisotopic (exact) mass is 379 g/mol. The number of amides is 1. The standard InChI is InChI=1S/C21H25N5O2/c27-20-16(12-24-7-1-2-8-24)3-4-19-17-9-15(11-26(19)20)10-25(13-17)21(28)18-5-6-22-14-23-18/h3-6,14-15,17H,1-2,7-13H2/t15-,17+/m0/s1. The van der Waals surface area contributed by atoms with E-state index >= 15 is 0 Å². The van der Waals surface area contributed by atoms with Gasteiger partial charge >= 0.3 is 0 Å². The summed E-state index contributed by atoms with van der Waals surface area (Å²) in [6.45, 7) is 4.96. The number of piperidine rings is 1. The Labute approximate surface area is 164 Å². The Morgan fingerprint density at radius 2 is 1.96 bits per heavy atom. The fraction of sp³-hybridized carbons (Fsp3) is 0.524. The molecular formula is C21H25N5O2. The van der Waals surface area contributed by atoms with Crippen LogP contribution in [0.4, 0.5) is 0 Å². The predicted octanol–water partition coefficient (Wildman–Crippen LogP) is 1.49. The molecule has 3 aliphatic rings. The van der Waals surface area contributed by atoms with Gasteiger partial charge in [-0.25, -0.2) is 9.97 Å². The zero-order valence-electron chi connectivity index (χ0n) is 16.0. The van der Waals surface area contributed by atoms with Crippen LogP contribution in [0, 0.1) is 5.92 Å². The second-order valence-electron chi connectivity index (χ2n) is 8.29. The summed E-state index contributed by atoms with van der Waals surface area (Å²) in [6, 6.07) is 5.79. The van der Waals surface area contributed by atoms with Crippen LogP contribution >= 0.6 is 0 Å². The summed E-state index contributed by atoms with van der Waals surface area (Å²) < 4.78 is 1.98. The van der Waals surface area contributed by atoms with Crippen LogP contribution in [-0.2, 0) is 13.1 Å². The van der Waals surface area contributed by atoms with Gasteiger partial charge in [0.25, 0.3) is 11.5 Å². The van der Waals surface area contributed by atoms with E-state index in [0.29, 0.717) is 31.2 Å². The number of rotatable bonds is 3. The average Bonchev–Trinajstić information content (AvgIpc) is 3.23. The molecule has 2 aromatic rings. The van der Waals surface area contributed by atoms with Crippen molar-refractivity contribution in [2.75, 3.05) is 26.2 Å². The summed E-state index contributed by atoms with van der Waals surface area (Å²) in [7, 11) is 0. The first-order chi connectivity index (χ1) is 13.7. The van der Waals surface area contributed by atoms with Crippen LogP contribution in [0.15, 0.2) is 35.5 Å². The summed E-state index contributed by atoms with van der Waals surface area (Å²) in [6.07, 6.45) is 6.51. The maximum atomic E-state index is 13.1. The molecule has 0 saturated carbocycles. The van der Waals surface area contributed by atoms with Gasteiger partial charge in [0.15, 0.2) is 0 Å². The van der Waals surface area contributed by atoms with Crippen LogP contribution in [0.2, 0.25) is 0 Å². The van der Waals surface area contributed by atoms with Crippen molar-refractivity contribution >= 4 is 5.91 Å². The lowest BCUT2D eigenvalue weighted by atomic mass is 9.83. The molecule has 2 bridgehead atoms. The molecule has 0 aliphatic carbocycles. The van der Waals surface area contributed by atoms with E-state index in [1.54, 1.807) is 12.3 Å². The summed E-state index contributed by atoms with van der Waals surface area (Å²) in [4.78, 5) is 38.2. The third-order valence-electron chi connectivity index (χ3n) is 6.36. The molecule has 146 valence electrons. The van der Waals surface area contributed by atoms with Crippen molar-refractivity contribution in [1.82, 2.24) is 24.3 Å². The first-order valence-corrected chi connectivity index (χ1v) is 10.2. The average molecular weight is 379 g/mol. The number of aromatic nitrogens is 3. The molecule has 0 aromatic carbocycles. The molecule has 3 aliphatic heterocycles. The van der Waals surface area contributed by atoms with Crippen molar-refractivity contribution in [3.63, 3.8) is 0 Å². The van der Waals surface area contributed by atoms with Crippen molar-refractivity contribution in [2.45, 2.75) is 38.3 Å². The SMILES string of the molecule is O=C(c1ccncn1)N1C[C@@H]2C[C@H](C1)c1ccc(CN3CCCC3)c(=O)n1C2. The first kappa shape index (κ1) is 17.6. The molecule has 7 nitrogen and oxygen atoms in total. The Morgan fingerprint density at radius 1 is 1.11 bits per heavy atom. The lowest BCUT2D eigenvalue weighted by Gasteiger charge is -2.42. The summed E-state index contributed by atoms with van der Waals surface area (Å²) >= 11 is 0. The van der Waals surface area contributed by atoms with Gasteiger partial charge in [0, 0.05) is 49.6 Å². The molecule has 2 fully saturated rings. The summed E-state index contributed by atoms with van der Waals surface area (Å²) in [5, 5.41) is 0. The minimum Gasteiger partial charge on any atom is -0.336 e. The van der Waals surface area contributed by atoms with E-state index in [0.717, 1.165) is 37.3 Å². The van der Waals surface area contributed by atoms with Gasteiger partial charge < -0.3 is 9.47 Å². The first-order valence-electron chi connectivity index (χ1n) is 10.2. The number of hydrogen-bond acceptors (Lipinski definition) is 5. The lowest BCUT2D eigenvalue weighted by molar-refractivity contribution is 0.0588. The summed E-state index contributed by atoms with van der Waals surface area (Å²) in [5.74, 6) is 0.488. The highest BCUT2D eigenvalue weighted by molar-refractivity contribution is 5.92. The van der Waals surface area contributed by atoms with Gasteiger partial charge in [-0.3, -0.25) is 14.5 Å². The number of fused-ring (bicyclic) bond motifs is 4. The molecular weight excluding hydrogens is 354 g/mol. The van der Waals surface area contributed by atoms with Crippen LogP contribution < -0.4 is 5.56 Å². The fourth-order valence-corrected chi connectivity index (χ4v) is 5.04. The molecule has 2 saturated heterocycles. The van der Waals surface area contributed by atoms with Crippen LogP contribution in [0.1, 0.15) is 46.9 Å². The normalized spacial score (nSPS) is 24.2. The largest absolute Gasteiger partial charge is 0.336 e. The van der Waals surface area contributed by atoms with E-state index in [1.807, 2.05) is 15.5 Å². The van der Waals surface area contributed by atoms with Crippen molar-refractivity contribution in [2.24, 2.45) is 5.92 Å². The Balaban J connectivity index is 1.39. The quantitative estimate of drug-likeness (QED) is 0.808. The molecule has 2 aromatic heterocycles. The van der Waals surface area contributed by atoms with Gasteiger partial charge in [0.1, 0.15) is 12.0 Å². The number of pyridine rings is 1. The number of hydrogen-bond donors (Lipinski definition) is 0. The van der Waals surface area contributed by atoms with Gasteiger partial charge in [-0.05, 0) is 50.4 Å².